The van der Waals surface area contributed by atoms with Gasteiger partial charge in [-0.1, -0.05) is 17.9 Å². The van der Waals surface area contributed by atoms with E-state index in [0.717, 1.165) is 5.56 Å². The van der Waals surface area contributed by atoms with Crippen LogP contribution in [-0.4, -0.2) is 26.8 Å². The third-order valence-corrected chi connectivity index (χ3v) is 5.58. The molecule has 0 amide bonds. The van der Waals surface area contributed by atoms with E-state index in [-0.39, 0.29) is 24.6 Å². The summed E-state index contributed by atoms with van der Waals surface area (Å²) in [4.78, 5) is 24.4. The second kappa shape index (κ2) is 10.9. The molecule has 0 unspecified atom stereocenters. The standard InChI is InChI=1S/C25H29NO7/c1-5-32-23(28)11-8-18-15(2)17-7-9-20(27)19(24(17)33-25(18)29)14-26-13-16-6-10-21(30-3)22(12-16)31-4/h6-7,9-10,12,26-27H,5,8,11,13-14H2,1-4H3. The minimum Gasteiger partial charge on any atom is -0.872 e. The van der Waals surface area contributed by atoms with Crippen LogP contribution in [0.15, 0.2) is 39.5 Å². The maximum Gasteiger partial charge on any atom is 0.339 e. The van der Waals surface area contributed by atoms with E-state index in [2.05, 4.69) is 0 Å². The summed E-state index contributed by atoms with van der Waals surface area (Å²) in [6, 6.07) is 8.81. The molecule has 3 rings (SSSR count). The van der Waals surface area contributed by atoms with Crippen LogP contribution in [0.2, 0.25) is 0 Å². The average Bonchev–Trinajstić information content (AvgIpc) is 2.80. The van der Waals surface area contributed by atoms with Crippen LogP contribution in [0.5, 0.6) is 17.2 Å². The Morgan fingerprint density at radius 2 is 1.82 bits per heavy atom. The maximum atomic E-state index is 12.7. The normalized spacial score (nSPS) is 10.9. The van der Waals surface area contributed by atoms with Crippen molar-refractivity contribution in [1.29, 1.82) is 0 Å². The molecule has 3 aromatic rings. The molecule has 0 aliphatic carbocycles. The van der Waals surface area contributed by atoms with E-state index in [1.54, 1.807) is 34.1 Å². The van der Waals surface area contributed by atoms with E-state index >= 15 is 0 Å². The molecule has 0 saturated heterocycles. The molecule has 0 spiro atoms. The first-order valence-electron chi connectivity index (χ1n) is 10.8. The lowest BCUT2D eigenvalue weighted by atomic mass is 10.00. The summed E-state index contributed by atoms with van der Waals surface area (Å²) in [6.45, 7) is 4.77. The van der Waals surface area contributed by atoms with Gasteiger partial charge in [-0.15, -0.1) is 0 Å². The third-order valence-electron chi connectivity index (χ3n) is 5.58. The molecule has 0 atom stereocenters. The molecular formula is C25H29NO7. The van der Waals surface area contributed by atoms with Crippen molar-refractivity contribution < 1.29 is 33.8 Å². The monoisotopic (exact) mass is 455 g/mol. The molecule has 0 aliphatic heterocycles. The quantitative estimate of drug-likeness (QED) is 0.367. The van der Waals surface area contributed by atoms with Gasteiger partial charge in [-0.05, 0) is 44.0 Å². The Balaban J connectivity index is 1.82. The van der Waals surface area contributed by atoms with E-state index in [9.17, 15) is 14.7 Å². The first kappa shape index (κ1) is 24.1. The number of hydrogen-bond acceptors (Lipinski definition) is 7. The zero-order valence-corrected chi connectivity index (χ0v) is 19.4. The number of nitrogens with two attached hydrogens (primary N) is 1. The number of aryl methyl sites for hydroxylation is 1. The third kappa shape index (κ3) is 5.46. The highest BCUT2D eigenvalue weighted by Crippen LogP contribution is 2.29. The van der Waals surface area contributed by atoms with E-state index in [0.29, 0.717) is 58.9 Å². The Bertz CT molecular complexity index is 1200. The second-order valence-corrected chi connectivity index (χ2v) is 7.60. The molecule has 8 heteroatoms. The van der Waals surface area contributed by atoms with Crippen LogP contribution in [0.4, 0.5) is 0 Å². The fourth-order valence-corrected chi connectivity index (χ4v) is 3.83. The van der Waals surface area contributed by atoms with Crippen molar-refractivity contribution in [3.05, 3.63) is 63.0 Å². The van der Waals surface area contributed by atoms with Crippen molar-refractivity contribution in [3.63, 3.8) is 0 Å². The molecule has 1 aromatic heterocycles. The number of benzene rings is 2. The Morgan fingerprint density at radius 1 is 1.06 bits per heavy atom. The molecule has 0 saturated carbocycles. The minimum absolute atomic E-state index is 0.0938. The first-order chi connectivity index (χ1) is 15.9. The first-order valence-corrected chi connectivity index (χ1v) is 10.8. The number of esters is 1. The van der Waals surface area contributed by atoms with Crippen LogP contribution in [0, 0.1) is 6.92 Å². The highest BCUT2D eigenvalue weighted by Gasteiger charge is 2.17. The lowest BCUT2D eigenvalue weighted by molar-refractivity contribution is -0.686. The van der Waals surface area contributed by atoms with Gasteiger partial charge in [0.1, 0.15) is 18.7 Å². The van der Waals surface area contributed by atoms with E-state index < -0.39 is 5.63 Å². The predicted molar refractivity (Wildman–Crippen MR) is 121 cm³/mol. The fourth-order valence-electron chi connectivity index (χ4n) is 3.83. The lowest BCUT2D eigenvalue weighted by Crippen LogP contribution is -2.80. The Hall–Kier alpha value is -3.52. The summed E-state index contributed by atoms with van der Waals surface area (Å²) >= 11 is 0. The molecular weight excluding hydrogens is 426 g/mol. The van der Waals surface area contributed by atoms with Crippen LogP contribution in [-0.2, 0) is 29.0 Å². The number of quaternary nitrogens is 1. The van der Waals surface area contributed by atoms with E-state index in [1.165, 1.54) is 6.07 Å². The fraction of sp³-hybridized carbons (Fsp3) is 0.360. The summed E-state index contributed by atoms with van der Waals surface area (Å²) in [5, 5.41) is 15.2. The van der Waals surface area contributed by atoms with E-state index in [4.69, 9.17) is 18.6 Å². The van der Waals surface area contributed by atoms with Gasteiger partial charge in [0.2, 0.25) is 0 Å². The molecule has 176 valence electrons. The molecule has 0 bridgehead atoms. The number of carbonyl (C=O) groups excluding carboxylic acids is 1. The van der Waals surface area contributed by atoms with Gasteiger partial charge in [-0.2, -0.15) is 0 Å². The molecule has 0 radical (unpaired) electrons. The molecule has 2 N–H and O–H groups in total. The SMILES string of the molecule is CCOC(=O)CCc1c(C)c2ccc([O-])c(C[NH2+]Cc3ccc(OC)c(OC)c3)c2oc1=O. The van der Waals surface area contributed by atoms with Crippen molar-refractivity contribution in [2.24, 2.45) is 0 Å². The average molecular weight is 456 g/mol. The summed E-state index contributed by atoms with van der Waals surface area (Å²) in [5.41, 5.74) is 2.34. The van der Waals surface area contributed by atoms with Crippen molar-refractivity contribution in [1.82, 2.24) is 0 Å². The summed E-state index contributed by atoms with van der Waals surface area (Å²) in [6.07, 6.45) is 0.319. The van der Waals surface area contributed by atoms with Crippen molar-refractivity contribution in [2.45, 2.75) is 39.8 Å². The predicted octanol–water partition coefficient (Wildman–Crippen LogP) is 1.95. The number of fused-ring (bicyclic) bond motifs is 1. The van der Waals surface area contributed by atoms with Crippen LogP contribution < -0.4 is 25.5 Å². The van der Waals surface area contributed by atoms with Gasteiger partial charge in [0.05, 0.1) is 20.8 Å². The van der Waals surface area contributed by atoms with Crippen LogP contribution in [0.25, 0.3) is 11.0 Å². The Morgan fingerprint density at radius 3 is 2.52 bits per heavy atom. The largest absolute Gasteiger partial charge is 0.872 e. The van der Waals surface area contributed by atoms with Gasteiger partial charge < -0.3 is 29.1 Å². The highest BCUT2D eigenvalue weighted by atomic mass is 16.5. The van der Waals surface area contributed by atoms with Gasteiger partial charge in [-0.25, -0.2) is 4.79 Å². The van der Waals surface area contributed by atoms with Crippen molar-refractivity contribution >= 4 is 16.9 Å². The summed E-state index contributed by atoms with van der Waals surface area (Å²) < 4.78 is 21.1. The zero-order valence-electron chi connectivity index (χ0n) is 19.4. The highest BCUT2D eigenvalue weighted by molar-refractivity contribution is 5.85. The van der Waals surface area contributed by atoms with Crippen molar-refractivity contribution in [2.75, 3.05) is 20.8 Å². The maximum absolute atomic E-state index is 12.7. The summed E-state index contributed by atoms with van der Waals surface area (Å²) in [7, 11) is 3.16. The van der Waals surface area contributed by atoms with Crippen LogP contribution in [0.1, 0.15) is 35.6 Å². The molecule has 8 nitrogen and oxygen atoms in total. The number of ether oxygens (including phenoxy) is 3. The van der Waals surface area contributed by atoms with Gasteiger partial charge in [0.25, 0.3) is 0 Å². The van der Waals surface area contributed by atoms with E-state index in [1.807, 2.05) is 23.5 Å². The smallest absolute Gasteiger partial charge is 0.339 e. The second-order valence-electron chi connectivity index (χ2n) is 7.60. The van der Waals surface area contributed by atoms with Gasteiger partial charge in [0.15, 0.2) is 11.5 Å². The Kier molecular flexibility index (Phi) is 7.95. The Labute approximate surface area is 192 Å². The van der Waals surface area contributed by atoms with Gasteiger partial charge in [0, 0.05) is 28.5 Å². The van der Waals surface area contributed by atoms with Crippen LogP contribution in [0.3, 0.4) is 0 Å². The zero-order chi connectivity index (χ0) is 24.0. The van der Waals surface area contributed by atoms with Gasteiger partial charge >= 0.3 is 11.6 Å². The van der Waals surface area contributed by atoms with Gasteiger partial charge in [-0.3, -0.25) is 4.79 Å². The number of rotatable bonds is 10. The molecule has 33 heavy (non-hydrogen) atoms. The number of methoxy groups -OCH3 is 2. The van der Waals surface area contributed by atoms with Crippen LogP contribution >= 0.6 is 0 Å². The van der Waals surface area contributed by atoms with Crippen molar-refractivity contribution in [3.8, 4) is 17.2 Å². The lowest BCUT2D eigenvalue weighted by Gasteiger charge is -2.16. The number of hydrogen-bond donors (Lipinski definition) is 1. The summed E-state index contributed by atoms with van der Waals surface area (Å²) in [5.74, 6) is 0.729. The molecule has 0 fully saturated rings. The molecule has 2 aromatic carbocycles. The molecule has 1 heterocycles. The minimum atomic E-state index is -0.531. The molecule has 0 aliphatic rings. The number of carbonyl (C=O) groups is 1. The topological polar surface area (TPSA) is 115 Å².